The van der Waals surface area contributed by atoms with Crippen LogP contribution in [0.4, 0.5) is 11.6 Å². The van der Waals surface area contributed by atoms with Crippen molar-refractivity contribution in [3.05, 3.63) is 11.9 Å². The van der Waals surface area contributed by atoms with E-state index in [-0.39, 0.29) is 17.7 Å². The van der Waals surface area contributed by atoms with Gasteiger partial charge in [-0.15, -0.1) is 0 Å². The van der Waals surface area contributed by atoms with Crippen molar-refractivity contribution in [2.75, 3.05) is 23.1 Å². The Morgan fingerprint density at radius 2 is 1.94 bits per heavy atom. The fourth-order valence-electron chi connectivity index (χ4n) is 1.82. The van der Waals surface area contributed by atoms with Crippen LogP contribution in [0.1, 0.15) is 32.3 Å². The number of nitrogens with two attached hydrogens (primary N) is 1. The zero-order valence-corrected chi connectivity index (χ0v) is 12.0. The summed E-state index contributed by atoms with van der Waals surface area (Å²) in [5.74, 6) is 1.25. The van der Waals surface area contributed by atoms with E-state index in [9.17, 15) is 8.42 Å². The molecule has 0 bridgehead atoms. The Balaban J connectivity index is 2.94. The first-order valence-corrected chi connectivity index (χ1v) is 7.81. The van der Waals surface area contributed by atoms with Gasteiger partial charge in [-0.2, -0.15) is 0 Å². The van der Waals surface area contributed by atoms with Crippen LogP contribution in [-0.2, 0) is 9.84 Å². The number of hydrogen-bond acceptors (Lipinski definition) is 6. The number of anilines is 2. The summed E-state index contributed by atoms with van der Waals surface area (Å²) < 4.78 is 22.4. The molecule has 0 fully saturated rings. The minimum absolute atomic E-state index is 0.0500. The lowest BCUT2D eigenvalue weighted by Crippen LogP contribution is -2.26. The van der Waals surface area contributed by atoms with E-state index < -0.39 is 9.84 Å². The van der Waals surface area contributed by atoms with Crippen LogP contribution in [0.25, 0.3) is 0 Å². The number of nitrogens with one attached hydrogen (secondary N) is 1. The van der Waals surface area contributed by atoms with Crippen molar-refractivity contribution in [3.63, 3.8) is 0 Å². The van der Waals surface area contributed by atoms with E-state index in [0.29, 0.717) is 11.6 Å². The largest absolute Gasteiger partial charge is 0.383 e. The summed E-state index contributed by atoms with van der Waals surface area (Å²) >= 11 is 0. The average Bonchev–Trinajstić information content (AvgIpc) is 2.13. The first kappa shape index (κ1) is 14.7. The van der Waals surface area contributed by atoms with E-state index in [4.69, 9.17) is 5.73 Å². The first-order chi connectivity index (χ1) is 8.20. The van der Waals surface area contributed by atoms with Crippen molar-refractivity contribution in [3.8, 4) is 0 Å². The van der Waals surface area contributed by atoms with Gasteiger partial charge >= 0.3 is 0 Å². The van der Waals surface area contributed by atoms with Crippen LogP contribution in [0.5, 0.6) is 0 Å². The molecule has 0 saturated heterocycles. The van der Waals surface area contributed by atoms with Crippen molar-refractivity contribution >= 4 is 21.5 Å². The molecule has 1 aromatic heterocycles. The molecule has 0 radical (unpaired) electrons. The molecule has 1 unspecified atom stereocenters. The molecule has 0 spiro atoms. The Kier molecular flexibility index (Phi) is 4.50. The monoisotopic (exact) mass is 272 g/mol. The maximum atomic E-state index is 11.2. The number of nitrogens with zero attached hydrogens (tertiary/aromatic N) is 2. The normalized spacial score (nSPS) is 13.6. The second-order valence-corrected chi connectivity index (χ2v) is 7.00. The van der Waals surface area contributed by atoms with Gasteiger partial charge in [-0.05, 0) is 12.8 Å². The summed E-state index contributed by atoms with van der Waals surface area (Å²) in [5, 5.41) is 3.08. The molecule has 18 heavy (non-hydrogen) atoms. The molecule has 3 N–H and O–H groups in total. The highest BCUT2D eigenvalue weighted by Crippen LogP contribution is 2.26. The molecule has 102 valence electrons. The molecule has 0 aliphatic rings. The predicted octanol–water partition coefficient (Wildman–Crippen LogP) is 1.03. The van der Waals surface area contributed by atoms with Crippen molar-refractivity contribution in [1.82, 2.24) is 9.97 Å². The summed E-state index contributed by atoms with van der Waals surface area (Å²) in [7, 11) is -3.02. The predicted molar refractivity (Wildman–Crippen MR) is 73.3 cm³/mol. The van der Waals surface area contributed by atoms with Crippen molar-refractivity contribution < 1.29 is 8.42 Å². The van der Waals surface area contributed by atoms with Gasteiger partial charge in [0.05, 0.1) is 5.75 Å². The van der Waals surface area contributed by atoms with Crippen LogP contribution in [0.3, 0.4) is 0 Å². The molecular formula is C11H20N4O2S. The fourth-order valence-corrected chi connectivity index (χ4v) is 2.81. The third-order valence-corrected chi connectivity index (χ3v) is 3.53. The Labute approximate surface area is 108 Å². The highest BCUT2D eigenvalue weighted by atomic mass is 32.2. The van der Waals surface area contributed by atoms with Gasteiger partial charge in [-0.3, -0.25) is 0 Å². The SMILES string of the molecule is CC(CS(C)(=O)=O)Nc1ncnc(N)c1C(C)C. The van der Waals surface area contributed by atoms with Gasteiger partial charge in [0, 0.05) is 17.9 Å². The summed E-state index contributed by atoms with van der Waals surface area (Å²) in [4.78, 5) is 8.09. The third-order valence-electron chi connectivity index (χ3n) is 2.43. The standard InChI is InChI=1S/C11H20N4O2S/c1-7(2)9-10(12)13-6-14-11(9)15-8(3)5-18(4,16)17/h6-8H,5H2,1-4H3,(H3,12,13,14,15). The maximum absolute atomic E-state index is 11.2. The second kappa shape index (κ2) is 5.51. The minimum atomic E-state index is -3.02. The highest BCUT2D eigenvalue weighted by Gasteiger charge is 2.16. The lowest BCUT2D eigenvalue weighted by Gasteiger charge is -2.18. The van der Waals surface area contributed by atoms with Crippen molar-refractivity contribution in [2.24, 2.45) is 0 Å². The lowest BCUT2D eigenvalue weighted by atomic mass is 10.0. The number of sulfone groups is 1. The molecule has 0 saturated carbocycles. The van der Waals surface area contributed by atoms with Crippen LogP contribution in [0.15, 0.2) is 6.33 Å². The van der Waals surface area contributed by atoms with E-state index in [1.165, 1.54) is 12.6 Å². The molecule has 1 aromatic rings. The number of rotatable bonds is 5. The Morgan fingerprint density at radius 3 is 2.44 bits per heavy atom. The van der Waals surface area contributed by atoms with Crippen molar-refractivity contribution in [1.29, 1.82) is 0 Å². The van der Waals surface area contributed by atoms with Crippen LogP contribution in [-0.4, -0.2) is 36.4 Å². The van der Waals surface area contributed by atoms with Gasteiger partial charge in [-0.25, -0.2) is 18.4 Å². The smallest absolute Gasteiger partial charge is 0.149 e. The molecule has 0 amide bonds. The zero-order valence-electron chi connectivity index (χ0n) is 11.1. The number of nitrogen functional groups attached to an aromatic ring is 1. The van der Waals surface area contributed by atoms with Gasteiger partial charge in [0.2, 0.25) is 0 Å². The van der Waals surface area contributed by atoms with E-state index in [1.54, 1.807) is 6.92 Å². The Morgan fingerprint density at radius 1 is 1.33 bits per heavy atom. The van der Waals surface area contributed by atoms with E-state index in [1.807, 2.05) is 13.8 Å². The molecular weight excluding hydrogens is 252 g/mol. The molecule has 6 nitrogen and oxygen atoms in total. The van der Waals surface area contributed by atoms with Crippen LogP contribution in [0.2, 0.25) is 0 Å². The molecule has 0 aliphatic carbocycles. The molecule has 7 heteroatoms. The summed E-state index contributed by atoms with van der Waals surface area (Å²) in [6, 6.07) is -0.230. The quantitative estimate of drug-likeness (QED) is 0.830. The molecule has 1 rings (SSSR count). The highest BCUT2D eigenvalue weighted by molar-refractivity contribution is 7.90. The zero-order chi connectivity index (χ0) is 13.9. The topological polar surface area (TPSA) is 98.0 Å². The minimum Gasteiger partial charge on any atom is -0.383 e. The van der Waals surface area contributed by atoms with E-state index >= 15 is 0 Å². The number of aromatic nitrogens is 2. The van der Waals surface area contributed by atoms with Crippen LogP contribution >= 0.6 is 0 Å². The Hall–Kier alpha value is -1.37. The van der Waals surface area contributed by atoms with Gasteiger partial charge in [0.15, 0.2) is 0 Å². The second-order valence-electron chi connectivity index (χ2n) is 4.81. The first-order valence-electron chi connectivity index (χ1n) is 5.75. The van der Waals surface area contributed by atoms with Crippen LogP contribution in [0, 0.1) is 0 Å². The molecule has 0 aliphatic heterocycles. The fraction of sp³-hybridized carbons (Fsp3) is 0.636. The number of hydrogen-bond donors (Lipinski definition) is 2. The van der Waals surface area contributed by atoms with Gasteiger partial charge < -0.3 is 11.1 Å². The van der Waals surface area contributed by atoms with Gasteiger partial charge in [0.1, 0.15) is 27.8 Å². The van der Waals surface area contributed by atoms with Crippen molar-refractivity contribution in [2.45, 2.75) is 32.7 Å². The molecule has 1 atom stereocenters. The van der Waals surface area contributed by atoms with E-state index in [0.717, 1.165) is 5.56 Å². The average molecular weight is 272 g/mol. The summed E-state index contributed by atoms with van der Waals surface area (Å²) in [6.07, 6.45) is 2.58. The maximum Gasteiger partial charge on any atom is 0.149 e. The third kappa shape index (κ3) is 4.14. The molecule has 1 heterocycles. The van der Waals surface area contributed by atoms with E-state index in [2.05, 4.69) is 15.3 Å². The molecule has 0 aromatic carbocycles. The lowest BCUT2D eigenvalue weighted by molar-refractivity contribution is 0.598. The van der Waals surface area contributed by atoms with Gasteiger partial charge in [-0.1, -0.05) is 13.8 Å². The summed E-state index contributed by atoms with van der Waals surface area (Å²) in [5.41, 5.74) is 6.63. The summed E-state index contributed by atoms with van der Waals surface area (Å²) in [6.45, 7) is 5.77. The Bertz CT molecular complexity index is 514. The van der Waals surface area contributed by atoms with Gasteiger partial charge in [0.25, 0.3) is 0 Å². The van der Waals surface area contributed by atoms with Crippen LogP contribution < -0.4 is 11.1 Å².